The zero-order valence-electron chi connectivity index (χ0n) is 10.5. The number of hydrogen-bond donors (Lipinski definition) is 3. The second kappa shape index (κ2) is 6.05. The van der Waals surface area contributed by atoms with Gasteiger partial charge in [0.05, 0.1) is 0 Å². The molecular formula is C15H14ClNO3. The highest BCUT2D eigenvalue weighted by Crippen LogP contribution is 2.25. The summed E-state index contributed by atoms with van der Waals surface area (Å²) in [6.45, 7) is 0. The SMILES string of the molecule is NC(=O)C(O)C(O)c1cccc(-c2ccc(Cl)cc2)c1. The lowest BCUT2D eigenvalue weighted by Crippen LogP contribution is -2.33. The number of rotatable bonds is 4. The van der Waals surface area contributed by atoms with Crippen LogP contribution in [0.25, 0.3) is 11.1 Å². The van der Waals surface area contributed by atoms with Crippen molar-refractivity contribution in [3.63, 3.8) is 0 Å². The number of primary amides is 1. The fourth-order valence-corrected chi connectivity index (χ4v) is 2.01. The Hall–Kier alpha value is -1.88. The van der Waals surface area contributed by atoms with E-state index in [-0.39, 0.29) is 0 Å². The molecule has 0 aliphatic carbocycles. The third-order valence-electron chi connectivity index (χ3n) is 3.00. The van der Waals surface area contributed by atoms with Gasteiger partial charge in [0.1, 0.15) is 6.10 Å². The van der Waals surface area contributed by atoms with E-state index in [1.807, 2.05) is 18.2 Å². The molecule has 104 valence electrons. The monoisotopic (exact) mass is 291 g/mol. The molecule has 0 aromatic heterocycles. The second-order valence-corrected chi connectivity index (χ2v) is 4.86. The van der Waals surface area contributed by atoms with Crippen molar-refractivity contribution in [3.8, 4) is 11.1 Å². The second-order valence-electron chi connectivity index (χ2n) is 4.42. The summed E-state index contributed by atoms with van der Waals surface area (Å²) in [6.07, 6.45) is -2.98. The van der Waals surface area contributed by atoms with E-state index in [1.54, 1.807) is 30.3 Å². The standard InChI is InChI=1S/C15H14ClNO3/c16-12-6-4-9(5-7-12)10-2-1-3-11(8-10)13(18)14(19)15(17)20/h1-8,13-14,18-19H,(H2,17,20). The van der Waals surface area contributed by atoms with Crippen LogP contribution in [0.15, 0.2) is 48.5 Å². The molecule has 0 spiro atoms. The number of benzene rings is 2. The van der Waals surface area contributed by atoms with Gasteiger partial charge in [0.2, 0.25) is 5.91 Å². The molecule has 0 aliphatic heterocycles. The molecule has 0 radical (unpaired) electrons. The number of aliphatic hydroxyl groups excluding tert-OH is 2. The van der Waals surface area contributed by atoms with Crippen LogP contribution in [0.3, 0.4) is 0 Å². The van der Waals surface area contributed by atoms with Crippen LogP contribution < -0.4 is 5.73 Å². The highest BCUT2D eigenvalue weighted by molar-refractivity contribution is 6.30. The van der Waals surface area contributed by atoms with Crippen LogP contribution in [0.5, 0.6) is 0 Å². The van der Waals surface area contributed by atoms with Gasteiger partial charge in [0, 0.05) is 5.02 Å². The van der Waals surface area contributed by atoms with Crippen molar-refractivity contribution in [2.24, 2.45) is 5.73 Å². The molecule has 0 aliphatic rings. The Morgan fingerprint density at radius 3 is 2.30 bits per heavy atom. The first-order chi connectivity index (χ1) is 9.49. The van der Waals surface area contributed by atoms with Crippen LogP contribution in [-0.2, 0) is 4.79 Å². The van der Waals surface area contributed by atoms with Crippen molar-refractivity contribution >= 4 is 17.5 Å². The first-order valence-electron chi connectivity index (χ1n) is 6.00. The molecule has 5 heteroatoms. The molecule has 0 heterocycles. The number of aliphatic hydroxyl groups is 2. The number of halogens is 1. The minimum absolute atomic E-state index is 0.420. The Kier molecular flexibility index (Phi) is 4.39. The van der Waals surface area contributed by atoms with Crippen molar-refractivity contribution in [2.45, 2.75) is 12.2 Å². The van der Waals surface area contributed by atoms with Crippen molar-refractivity contribution in [3.05, 3.63) is 59.1 Å². The molecule has 0 saturated carbocycles. The van der Waals surface area contributed by atoms with Crippen LogP contribution in [0.1, 0.15) is 11.7 Å². The summed E-state index contributed by atoms with van der Waals surface area (Å²) >= 11 is 5.83. The van der Waals surface area contributed by atoms with Crippen LogP contribution in [0, 0.1) is 0 Å². The van der Waals surface area contributed by atoms with Gasteiger partial charge in [0.25, 0.3) is 0 Å². The lowest BCUT2D eigenvalue weighted by molar-refractivity contribution is -0.131. The molecule has 0 bridgehead atoms. The number of hydrogen-bond acceptors (Lipinski definition) is 3. The summed E-state index contributed by atoms with van der Waals surface area (Å²) in [7, 11) is 0. The number of amides is 1. The maximum atomic E-state index is 10.9. The van der Waals surface area contributed by atoms with Crippen molar-refractivity contribution in [1.29, 1.82) is 0 Å². The molecule has 2 aromatic carbocycles. The van der Waals surface area contributed by atoms with Crippen LogP contribution >= 0.6 is 11.6 Å². The maximum absolute atomic E-state index is 10.9. The molecule has 1 amide bonds. The largest absolute Gasteiger partial charge is 0.385 e. The summed E-state index contributed by atoms with van der Waals surface area (Å²) < 4.78 is 0. The average molecular weight is 292 g/mol. The van der Waals surface area contributed by atoms with Gasteiger partial charge in [-0.3, -0.25) is 4.79 Å². The lowest BCUT2D eigenvalue weighted by atomic mass is 9.98. The molecule has 20 heavy (non-hydrogen) atoms. The molecule has 2 atom stereocenters. The van der Waals surface area contributed by atoms with Crippen molar-refractivity contribution in [2.75, 3.05) is 0 Å². The van der Waals surface area contributed by atoms with Gasteiger partial charge in [-0.2, -0.15) is 0 Å². The summed E-state index contributed by atoms with van der Waals surface area (Å²) in [6, 6.07) is 14.1. The number of nitrogens with two attached hydrogens (primary N) is 1. The molecule has 2 aromatic rings. The van der Waals surface area contributed by atoms with E-state index < -0.39 is 18.1 Å². The molecule has 0 saturated heterocycles. The fourth-order valence-electron chi connectivity index (χ4n) is 1.88. The molecule has 0 fully saturated rings. The van der Waals surface area contributed by atoms with Gasteiger partial charge in [-0.25, -0.2) is 0 Å². The topological polar surface area (TPSA) is 83.6 Å². The Balaban J connectivity index is 2.32. The first-order valence-corrected chi connectivity index (χ1v) is 6.38. The molecular weight excluding hydrogens is 278 g/mol. The summed E-state index contributed by atoms with van der Waals surface area (Å²) in [4.78, 5) is 10.9. The molecule has 4 nitrogen and oxygen atoms in total. The number of carbonyl (C=O) groups is 1. The molecule has 2 rings (SSSR count). The van der Waals surface area contributed by atoms with Gasteiger partial charge in [-0.05, 0) is 34.9 Å². The summed E-state index contributed by atoms with van der Waals surface area (Å²) in [5, 5.41) is 20.0. The van der Waals surface area contributed by atoms with E-state index in [2.05, 4.69) is 0 Å². The normalized spacial score (nSPS) is 13.8. The Morgan fingerprint density at radius 2 is 1.70 bits per heavy atom. The van der Waals surface area contributed by atoms with Gasteiger partial charge >= 0.3 is 0 Å². The zero-order valence-corrected chi connectivity index (χ0v) is 11.3. The van der Waals surface area contributed by atoms with Gasteiger partial charge in [-0.15, -0.1) is 0 Å². The third-order valence-corrected chi connectivity index (χ3v) is 3.25. The van der Waals surface area contributed by atoms with E-state index in [0.717, 1.165) is 11.1 Å². The molecule has 4 N–H and O–H groups in total. The van der Waals surface area contributed by atoms with Crippen LogP contribution in [0.4, 0.5) is 0 Å². The van der Waals surface area contributed by atoms with Gasteiger partial charge in [-0.1, -0.05) is 41.9 Å². The smallest absolute Gasteiger partial charge is 0.249 e. The third kappa shape index (κ3) is 3.17. The Bertz CT molecular complexity index is 613. The van der Waals surface area contributed by atoms with Gasteiger partial charge < -0.3 is 15.9 Å². The summed E-state index contributed by atoms with van der Waals surface area (Å²) in [5.41, 5.74) is 7.15. The highest BCUT2D eigenvalue weighted by atomic mass is 35.5. The van der Waals surface area contributed by atoms with E-state index in [1.165, 1.54) is 0 Å². The first kappa shape index (κ1) is 14.5. The minimum atomic E-state index is -1.63. The lowest BCUT2D eigenvalue weighted by Gasteiger charge is -2.16. The van der Waals surface area contributed by atoms with Crippen molar-refractivity contribution in [1.82, 2.24) is 0 Å². The van der Waals surface area contributed by atoms with Crippen LogP contribution in [0.2, 0.25) is 5.02 Å². The van der Waals surface area contributed by atoms with E-state index in [4.69, 9.17) is 17.3 Å². The summed E-state index contributed by atoms with van der Waals surface area (Å²) in [5.74, 6) is -0.964. The quantitative estimate of drug-likeness (QED) is 0.804. The van der Waals surface area contributed by atoms with E-state index in [0.29, 0.717) is 10.6 Å². The Morgan fingerprint density at radius 1 is 1.05 bits per heavy atom. The predicted octanol–water partition coefficient (Wildman–Crippen LogP) is 1.89. The average Bonchev–Trinajstić information content (AvgIpc) is 2.46. The fraction of sp³-hybridized carbons (Fsp3) is 0.133. The number of carbonyl (C=O) groups excluding carboxylic acids is 1. The highest BCUT2D eigenvalue weighted by Gasteiger charge is 2.23. The van der Waals surface area contributed by atoms with Crippen LogP contribution in [-0.4, -0.2) is 22.2 Å². The van der Waals surface area contributed by atoms with Gasteiger partial charge in [0.15, 0.2) is 6.10 Å². The minimum Gasteiger partial charge on any atom is -0.385 e. The van der Waals surface area contributed by atoms with E-state index >= 15 is 0 Å². The zero-order chi connectivity index (χ0) is 14.7. The maximum Gasteiger partial charge on any atom is 0.249 e. The Labute approximate surface area is 121 Å². The molecule has 2 unspecified atom stereocenters. The predicted molar refractivity (Wildman–Crippen MR) is 77.0 cm³/mol. The van der Waals surface area contributed by atoms with Crippen molar-refractivity contribution < 1.29 is 15.0 Å². The van der Waals surface area contributed by atoms with E-state index in [9.17, 15) is 15.0 Å².